The van der Waals surface area contributed by atoms with E-state index in [0.29, 0.717) is 18.8 Å². The number of nitrogens with zero attached hydrogens (tertiary/aromatic N) is 2. The maximum Gasteiger partial charge on any atom is 0.211 e. The van der Waals surface area contributed by atoms with Crippen LogP contribution in [0.1, 0.15) is 34.7 Å². The minimum absolute atomic E-state index is 0.00644. The van der Waals surface area contributed by atoms with E-state index in [0.717, 1.165) is 30.7 Å². The van der Waals surface area contributed by atoms with Gasteiger partial charge in [0.2, 0.25) is 10.0 Å². The Labute approximate surface area is 160 Å². The van der Waals surface area contributed by atoms with Crippen LogP contribution >= 0.6 is 0 Å². The van der Waals surface area contributed by atoms with Gasteiger partial charge in [0.05, 0.1) is 19.3 Å². The SMILES string of the molecule is CN(Cc1ccc(CN2CCC[C@@H](C(=O)c3ccccc3)C2)o1)S(C)(=O)=O. The van der Waals surface area contributed by atoms with E-state index in [1.807, 2.05) is 42.5 Å². The van der Waals surface area contributed by atoms with E-state index in [4.69, 9.17) is 4.42 Å². The van der Waals surface area contributed by atoms with Gasteiger partial charge in [-0.1, -0.05) is 30.3 Å². The van der Waals surface area contributed by atoms with E-state index < -0.39 is 10.0 Å². The molecule has 0 unspecified atom stereocenters. The fraction of sp³-hybridized carbons (Fsp3) is 0.450. The van der Waals surface area contributed by atoms with Crippen molar-refractivity contribution in [2.45, 2.75) is 25.9 Å². The summed E-state index contributed by atoms with van der Waals surface area (Å²) in [7, 11) is -1.71. The van der Waals surface area contributed by atoms with Gasteiger partial charge in [-0.05, 0) is 31.5 Å². The van der Waals surface area contributed by atoms with E-state index in [1.165, 1.54) is 17.6 Å². The van der Waals surface area contributed by atoms with Gasteiger partial charge < -0.3 is 4.42 Å². The first-order valence-corrected chi connectivity index (χ1v) is 11.0. The van der Waals surface area contributed by atoms with Gasteiger partial charge in [-0.15, -0.1) is 0 Å². The molecule has 0 spiro atoms. The lowest BCUT2D eigenvalue weighted by Crippen LogP contribution is -2.38. The molecule has 1 aliphatic heterocycles. The highest BCUT2D eigenvalue weighted by Crippen LogP contribution is 2.23. The highest BCUT2D eigenvalue weighted by molar-refractivity contribution is 7.88. The number of sulfonamides is 1. The summed E-state index contributed by atoms with van der Waals surface area (Å²) in [6, 6.07) is 13.1. The molecule has 146 valence electrons. The number of furan rings is 1. The third-order valence-electron chi connectivity index (χ3n) is 4.98. The highest BCUT2D eigenvalue weighted by Gasteiger charge is 2.27. The summed E-state index contributed by atoms with van der Waals surface area (Å²) in [6.07, 6.45) is 3.06. The van der Waals surface area contributed by atoms with E-state index >= 15 is 0 Å². The standard InChI is InChI=1S/C20H26N2O4S/c1-21(27(2,24)25)14-18-10-11-19(26-18)15-22-12-6-9-17(13-22)20(23)16-7-4-3-5-8-16/h3-5,7-8,10-11,17H,6,9,12-15H2,1-2H3/t17-/m1/s1. The Morgan fingerprint density at radius 1 is 1.19 bits per heavy atom. The summed E-state index contributed by atoms with van der Waals surface area (Å²) in [5.74, 6) is 1.62. The summed E-state index contributed by atoms with van der Waals surface area (Å²) in [6.45, 7) is 2.49. The predicted octanol–water partition coefficient (Wildman–Crippen LogP) is 2.77. The molecule has 0 bridgehead atoms. The fourth-order valence-corrected chi connectivity index (χ4v) is 3.76. The number of hydrogen-bond acceptors (Lipinski definition) is 5. The Hall–Kier alpha value is -1.96. The van der Waals surface area contributed by atoms with Crippen LogP contribution in [0.5, 0.6) is 0 Å². The Balaban J connectivity index is 1.59. The number of hydrogen-bond donors (Lipinski definition) is 0. The first kappa shape index (κ1) is 19.8. The van der Waals surface area contributed by atoms with Crippen molar-refractivity contribution in [2.24, 2.45) is 5.92 Å². The van der Waals surface area contributed by atoms with Crippen LogP contribution in [0, 0.1) is 5.92 Å². The van der Waals surface area contributed by atoms with Gasteiger partial charge in [0, 0.05) is 25.1 Å². The second-order valence-electron chi connectivity index (χ2n) is 7.19. The Kier molecular flexibility index (Phi) is 6.14. The summed E-state index contributed by atoms with van der Waals surface area (Å²) < 4.78 is 30.1. The molecule has 0 radical (unpaired) electrons. The fourth-order valence-electron chi connectivity index (χ4n) is 3.40. The number of rotatable bonds is 7. The van der Waals surface area contributed by atoms with Gasteiger partial charge in [-0.25, -0.2) is 8.42 Å². The number of benzene rings is 1. The molecule has 1 fully saturated rings. The molecule has 0 aliphatic carbocycles. The van der Waals surface area contributed by atoms with E-state index in [9.17, 15) is 13.2 Å². The maximum atomic E-state index is 12.7. The van der Waals surface area contributed by atoms with Gasteiger partial charge in [0.1, 0.15) is 11.5 Å². The molecular formula is C20H26N2O4S. The molecule has 1 aromatic heterocycles. The van der Waals surface area contributed by atoms with Gasteiger partial charge in [-0.3, -0.25) is 9.69 Å². The molecule has 27 heavy (non-hydrogen) atoms. The summed E-state index contributed by atoms with van der Waals surface area (Å²) >= 11 is 0. The zero-order chi connectivity index (χ0) is 19.4. The van der Waals surface area contributed by atoms with E-state index in [2.05, 4.69) is 4.90 Å². The van der Waals surface area contributed by atoms with Crippen molar-refractivity contribution in [3.05, 3.63) is 59.5 Å². The quantitative estimate of drug-likeness (QED) is 0.680. The lowest BCUT2D eigenvalue weighted by atomic mass is 9.90. The number of Topliss-reactive ketones (excluding diaryl/α,β-unsaturated/α-hetero) is 1. The van der Waals surface area contributed by atoms with Gasteiger partial charge in [0.15, 0.2) is 5.78 Å². The topological polar surface area (TPSA) is 70.8 Å². The molecule has 0 saturated carbocycles. The molecule has 0 amide bonds. The van der Waals surface area contributed by atoms with Gasteiger partial charge >= 0.3 is 0 Å². The van der Waals surface area contributed by atoms with Crippen molar-refractivity contribution in [1.29, 1.82) is 0 Å². The number of piperidine rings is 1. The number of ketones is 1. The van der Waals surface area contributed by atoms with Crippen LogP contribution in [-0.4, -0.2) is 49.8 Å². The molecule has 2 aromatic rings. The second kappa shape index (κ2) is 8.37. The molecule has 1 saturated heterocycles. The Bertz CT molecular complexity index is 876. The van der Waals surface area contributed by atoms with Crippen LogP contribution in [-0.2, 0) is 23.1 Å². The summed E-state index contributed by atoms with van der Waals surface area (Å²) in [5, 5.41) is 0. The molecule has 3 rings (SSSR count). The van der Waals surface area contributed by atoms with Crippen LogP contribution < -0.4 is 0 Å². The van der Waals surface area contributed by atoms with Crippen LogP contribution in [0.4, 0.5) is 0 Å². The first-order chi connectivity index (χ1) is 12.8. The normalized spacial score (nSPS) is 18.7. The third kappa shape index (κ3) is 5.28. The van der Waals surface area contributed by atoms with E-state index in [-0.39, 0.29) is 18.2 Å². The minimum Gasteiger partial charge on any atom is -0.463 e. The largest absolute Gasteiger partial charge is 0.463 e. The average molecular weight is 391 g/mol. The highest BCUT2D eigenvalue weighted by atomic mass is 32.2. The van der Waals surface area contributed by atoms with Crippen molar-refractivity contribution >= 4 is 15.8 Å². The van der Waals surface area contributed by atoms with Crippen molar-refractivity contribution in [1.82, 2.24) is 9.21 Å². The number of carbonyl (C=O) groups is 1. The monoisotopic (exact) mass is 390 g/mol. The second-order valence-corrected chi connectivity index (χ2v) is 9.28. The van der Waals surface area contributed by atoms with Crippen LogP contribution in [0.15, 0.2) is 46.9 Å². The maximum absolute atomic E-state index is 12.7. The summed E-state index contributed by atoms with van der Waals surface area (Å²) in [4.78, 5) is 14.9. The molecule has 1 aliphatic rings. The predicted molar refractivity (Wildman–Crippen MR) is 104 cm³/mol. The van der Waals surface area contributed by atoms with Crippen LogP contribution in [0.3, 0.4) is 0 Å². The zero-order valence-corrected chi connectivity index (χ0v) is 16.6. The molecule has 2 heterocycles. The summed E-state index contributed by atoms with van der Waals surface area (Å²) in [5.41, 5.74) is 0.772. The molecule has 0 N–H and O–H groups in total. The molecule has 1 aromatic carbocycles. The van der Waals surface area contributed by atoms with Crippen molar-refractivity contribution in [3.8, 4) is 0 Å². The Morgan fingerprint density at radius 3 is 2.59 bits per heavy atom. The Morgan fingerprint density at radius 2 is 1.89 bits per heavy atom. The lowest BCUT2D eigenvalue weighted by molar-refractivity contribution is 0.0802. The minimum atomic E-state index is -3.24. The third-order valence-corrected chi connectivity index (χ3v) is 6.24. The van der Waals surface area contributed by atoms with Gasteiger partial charge in [-0.2, -0.15) is 4.31 Å². The van der Waals surface area contributed by atoms with Crippen molar-refractivity contribution in [3.63, 3.8) is 0 Å². The molecule has 6 nitrogen and oxygen atoms in total. The zero-order valence-electron chi connectivity index (χ0n) is 15.8. The average Bonchev–Trinajstić information content (AvgIpc) is 3.08. The van der Waals surface area contributed by atoms with Crippen LogP contribution in [0.2, 0.25) is 0 Å². The molecule has 1 atom stereocenters. The molecular weight excluding hydrogens is 364 g/mol. The van der Waals surface area contributed by atoms with E-state index in [1.54, 1.807) is 0 Å². The first-order valence-electron chi connectivity index (χ1n) is 9.13. The number of likely N-dealkylation sites (tertiary alicyclic amines) is 1. The number of carbonyl (C=O) groups excluding carboxylic acids is 1. The smallest absolute Gasteiger partial charge is 0.211 e. The van der Waals surface area contributed by atoms with Crippen molar-refractivity contribution < 1.29 is 17.6 Å². The van der Waals surface area contributed by atoms with Crippen LogP contribution in [0.25, 0.3) is 0 Å². The lowest BCUT2D eigenvalue weighted by Gasteiger charge is -2.31. The van der Waals surface area contributed by atoms with Gasteiger partial charge in [0.25, 0.3) is 0 Å². The van der Waals surface area contributed by atoms with Crippen molar-refractivity contribution in [2.75, 3.05) is 26.4 Å². The molecule has 7 heteroatoms.